The fourth-order valence-corrected chi connectivity index (χ4v) is 5.01. The highest BCUT2D eigenvalue weighted by atomic mass is 16.2. The van der Waals surface area contributed by atoms with E-state index >= 15 is 0 Å². The highest BCUT2D eigenvalue weighted by Crippen LogP contribution is 2.31. The van der Waals surface area contributed by atoms with E-state index in [2.05, 4.69) is 20.9 Å². The predicted octanol–water partition coefficient (Wildman–Crippen LogP) is 4.83. The van der Waals surface area contributed by atoms with Gasteiger partial charge in [-0.1, -0.05) is 60.7 Å². The summed E-state index contributed by atoms with van der Waals surface area (Å²) in [5.74, 6) is -0.143. The van der Waals surface area contributed by atoms with Crippen LogP contribution in [-0.2, 0) is 6.54 Å². The summed E-state index contributed by atoms with van der Waals surface area (Å²) < 4.78 is 0. The van der Waals surface area contributed by atoms with Crippen molar-refractivity contribution in [2.75, 3.05) is 43.9 Å². The van der Waals surface area contributed by atoms with E-state index in [1.54, 1.807) is 12.1 Å². The van der Waals surface area contributed by atoms with Crippen molar-refractivity contribution in [3.8, 4) is 0 Å². The second-order valence-electron chi connectivity index (χ2n) is 9.55. The van der Waals surface area contributed by atoms with Gasteiger partial charge in [0.25, 0.3) is 11.8 Å². The van der Waals surface area contributed by atoms with Crippen LogP contribution in [0, 0.1) is 0 Å². The van der Waals surface area contributed by atoms with Crippen LogP contribution >= 0.6 is 0 Å². The molecule has 0 spiro atoms. The molecule has 1 aliphatic heterocycles. The molecular weight excluding hydrogens is 486 g/mol. The van der Waals surface area contributed by atoms with E-state index in [1.807, 2.05) is 104 Å². The monoisotopic (exact) mass is 519 g/mol. The molecule has 1 heterocycles. The van der Waals surface area contributed by atoms with Gasteiger partial charge in [-0.15, -0.1) is 0 Å². The Morgan fingerprint density at radius 3 is 2.44 bits per heavy atom. The number of carbonyl (C=O) groups is 2. The van der Waals surface area contributed by atoms with Crippen molar-refractivity contribution in [3.63, 3.8) is 0 Å². The van der Waals surface area contributed by atoms with E-state index in [-0.39, 0.29) is 11.8 Å². The maximum Gasteiger partial charge on any atom is 0.255 e. The van der Waals surface area contributed by atoms with Crippen LogP contribution in [-0.4, -0.2) is 50.4 Å². The van der Waals surface area contributed by atoms with Gasteiger partial charge in [0.15, 0.2) is 0 Å². The first kappa shape index (κ1) is 25.9. The Morgan fingerprint density at radius 1 is 0.872 bits per heavy atom. The summed E-state index contributed by atoms with van der Waals surface area (Å²) in [6.07, 6.45) is 1.94. The summed E-state index contributed by atoms with van der Waals surface area (Å²) in [7, 11) is 3.77. The minimum atomic E-state index is -0.158. The molecule has 0 unspecified atom stereocenters. The zero-order valence-corrected chi connectivity index (χ0v) is 22.3. The van der Waals surface area contributed by atoms with Crippen molar-refractivity contribution in [3.05, 3.63) is 120 Å². The van der Waals surface area contributed by atoms with Gasteiger partial charge in [0.05, 0.1) is 6.54 Å². The number of anilines is 2. The lowest BCUT2D eigenvalue weighted by molar-refractivity contribution is 0.0753. The molecule has 7 nitrogen and oxygen atoms in total. The Kier molecular flexibility index (Phi) is 7.78. The fraction of sp³-hybridized carbons (Fsp3) is 0.188. The molecule has 3 N–H and O–H groups in total. The minimum absolute atomic E-state index is 0.0145. The summed E-state index contributed by atoms with van der Waals surface area (Å²) in [5, 5.41) is 11.4. The number of hydrogen-bond acceptors (Lipinski definition) is 5. The zero-order valence-electron chi connectivity index (χ0n) is 22.3. The number of rotatable bonds is 7. The molecule has 0 fully saturated rings. The second-order valence-corrected chi connectivity index (χ2v) is 9.55. The Balaban J connectivity index is 1.47. The number of nitrogens with zero attached hydrogens (tertiary/aromatic N) is 2. The maximum atomic E-state index is 13.8. The average molecular weight is 520 g/mol. The van der Waals surface area contributed by atoms with Crippen LogP contribution in [0.2, 0.25) is 0 Å². The third-order valence-corrected chi connectivity index (χ3v) is 7.03. The van der Waals surface area contributed by atoms with Crippen molar-refractivity contribution in [1.29, 1.82) is 0 Å². The van der Waals surface area contributed by atoms with Crippen LogP contribution in [0.3, 0.4) is 0 Å². The normalized spacial score (nSPS) is 13.4. The highest BCUT2D eigenvalue weighted by molar-refractivity contribution is 6.07. The van der Waals surface area contributed by atoms with Gasteiger partial charge in [-0.3, -0.25) is 9.59 Å². The second kappa shape index (κ2) is 11.7. The molecule has 2 amide bonds. The lowest BCUT2D eigenvalue weighted by atomic mass is 10.0. The Labute approximate surface area is 229 Å². The molecule has 4 aromatic carbocycles. The van der Waals surface area contributed by atoms with Gasteiger partial charge in [-0.05, 0) is 46.7 Å². The molecule has 7 heteroatoms. The molecule has 39 heavy (non-hydrogen) atoms. The molecule has 0 saturated carbocycles. The number of likely N-dealkylation sites (N-methyl/N-ethyl adjacent to an activating group) is 1. The van der Waals surface area contributed by atoms with Crippen molar-refractivity contribution in [2.45, 2.75) is 6.54 Å². The molecule has 0 aromatic heterocycles. The first-order valence-electron chi connectivity index (χ1n) is 13.1. The number of nitrogens with one attached hydrogen (secondary N) is 3. The molecule has 0 saturated heterocycles. The Morgan fingerprint density at radius 2 is 1.64 bits per heavy atom. The molecule has 0 atom stereocenters. The molecule has 0 radical (unpaired) electrons. The molecule has 5 rings (SSSR count). The third kappa shape index (κ3) is 5.72. The Hall–Kier alpha value is -4.78. The number of amides is 2. The van der Waals surface area contributed by atoms with Crippen LogP contribution in [0.25, 0.3) is 10.8 Å². The topological polar surface area (TPSA) is 76.7 Å². The minimum Gasteiger partial charge on any atom is -0.393 e. The summed E-state index contributed by atoms with van der Waals surface area (Å²) in [6.45, 7) is 2.31. The van der Waals surface area contributed by atoms with Gasteiger partial charge in [0, 0.05) is 68.1 Å². The van der Waals surface area contributed by atoms with Crippen molar-refractivity contribution in [1.82, 2.24) is 15.5 Å². The summed E-state index contributed by atoms with van der Waals surface area (Å²) >= 11 is 0. The van der Waals surface area contributed by atoms with Crippen LogP contribution in [0.5, 0.6) is 0 Å². The van der Waals surface area contributed by atoms with Crippen LogP contribution < -0.4 is 20.9 Å². The lowest BCUT2D eigenvalue weighted by Gasteiger charge is -2.26. The van der Waals surface area contributed by atoms with E-state index in [4.69, 9.17) is 0 Å². The number of benzene rings is 4. The molecule has 1 aliphatic rings. The fourth-order valence-electron chi connectivity index (χ4n) is 5.01. The third-order valence-electron chi connectivity index (χ3n) is 7.03. The smallest absolute Gasteiger partial charge is 0.255 e. The summed E-state index contributed by atoms with van der Waals surface area (Å²) in [4.78, 5) is 30.9. The highest BCUT2D eigenvalue weighted by Gasteiger charge is 2.26. The molecule has 4 aromatic rings. The van der Waals surface area contributed by atoms with E-state index < -0.39 is 0 Å². The maximum absolute atomic E-state index is 13.8. The predicted molar refractivity (Wildman–Crippen MR) is 158 cm³/mol. The average Bonchev–Trinajstić information content (AvgIpc) is 3.16. The van der Waals surface area contributed by atoms with E-state index in [9.17, 15) is 9.59 Å². The first-order valence-corrected chi connectivity index (χ1v) is 13.1. The molecule has 0 bridgehead atoms. The number of hydrogen-bond donors (Lipinski definition) is 3. The van der Waals surface area contributed by atoms with Crippen molar-refractivity contribution in [2.24, 2.45) is 0 Å². The van der Waals surface area contributed by atoms with Gasteiger partial charge in [-0.25, -0.2) is 0 Å². The lowest BCUT2D eigenvalue weighted by Crippen LogP contribution is -2.37. The van der Waals surface area contributed by atoms with Crippen molar-refractivity contribution >= 4 is 34.0 Å². The first-order chi connectivity index (χ1) is 19.1. The van der Waals surface area contributed by atoms with Gasteiger partial charge >= 0.3 is 0 Å². The summed E-state index contributed by atoms with van der Waals surface area (Å²) in [6, 6.07) is 29.0. The van der Waals surface area contributed by atoms with Crippen LogP contribution in [0.15, 0.2) is 103 Å². The molecule has 198 valence electrons. The van der Waals surface area contributed by atoms with Crippen LogP contribution in [0.4, 0.5) is 11.4 Å². The molecular formula is C32H33N5O2. The number of carbonyl (C=O) groups excluding carboxylic acids is 2. The standard InChI is InChI=1S/C32H33N5O2/c1-33-20-27(34-2)22-36-17-18-37(32(39)29-14-8-12-23-9-6-7-13-28(23)29)21-25-15-16-26(19-30(25)36)35-31(38)24-10-4-3-5-11-24/h3-16,19-20,33-34H,17-18,21-22H2,1-2H3,(H,35,38)/b27-20-. The van der Waals surface area contributed by atoms with Gasteiger partial charge in [0.2, 0.25) is 0 Å². The number of fused-ring (bicyclic) bond motifs is 2. The van der Waals surface area contributed by atoms with E-state index in [1.165, 1.54) is 0 Å². The van der Waals surface area contributed by atoms with Crippen molar-refractivity contribution < 1.29 is 9.59 Å². The molecule has 0 aliphatic carbocycles. The van der Waals surface area contributed by atoms with Crippen LogP contribution in [0.1, 0.15) is 26.3 Å². The quantitative estimate of drug-likeness (QED) is 0.326. The van der Waals surface area contributed by atoms with Gasteiger partial charge < -0.3 is 25.8 Å². The van der Waals surface area contributed by atoms with E-state index in [0.717, 1.165) is 27.7 Å². The largest absolute Gasteiger partial charge is 0.393 e. The SMILES string of the molecule is CN/C=C(/CN1CCN(C(=O)c2cccc3ccccc23)Cc2ccc(NC(=O)c3ccccc3)cc21)NC. The van der Waals surface area contributed by atoms with Gasteiger partial charge in [0.1, 0.15) is 0 Å². The van der Waals surface area contributed by atoms with Gasteiger partial charge in [-0.2, -0.15) is 0 Å². The summed E-state index contributed by atoms with van der Waals surface area (Å²) in [5.41, 5.74) is 5.05. The Bertz CT molecular complexity index is 1510. The zero-order chi connectivity index (χ0) is 27.2. The van der Waals surface area contributed by atoms with E-state index in [0.29, 0.717) is 43.0 Å².